The van der Waals surface area contributed by atoms with Crippen LogP contribution in [-0.4, -0.2) is 24.8 Å². The normalized spacial score (nSPS) is 12.0. The van der Waals surface area contributed by atoms with Gasteiger partial charge in [-0.2, -0.15) is 0 Å². The molecule has 0 radical (unpaired) electrons. The summed E-state index contributed by atoms with van der Waals surface area (Å²) in [5.41, 5.74) is 1.53. The lowest BCUT2D eigenvalue weighted by Gasteiger charge is -2.20. The van der Waals surface area contributed by atoms with E-state index in [2.05, 4.69) is 15.0 Å². The fourth-order valence-corrected chi connectivity index (χ4v) is 4.62. The summed E-state index contributed by atoms with van der Waals surface area (Å²) >= 11 is 1.33. The minimum Gasteiger partial charge on any atom is -0.298 e. The highest BCUT2D eigenvalue weighted by Gasteiger charge is 2.22. The third kappa shape index (κ3) is 5.03. The Morgan fingerprint density at radius 1 is 1.00 bits per heavy atom. The van der Waals surface area contributed by atoms with Crippen LogP contribution >= 0.6 is 11.3 Å². The van der Waals surface area contributed by atoms with Gasteiger partial charge in [0.2, 0.25) is 10.0 Å². The zero-order valence-electron chi connectivity index (χ0n) is 15.8. The quantitative estimate of drug-likeness (QED) is 0.656. The van der Waals surface area contributed by atoms with Crippen molar-refractivity contribution in [1.82, 2.24) is 9.71 Å². The lowest BCUT2D eigenvalue weighted by Crippen LogP contribution is -2.40. The summed E-state index contributed by atoms with van der Waals surface area (Å²) in [5.74, 6) is -0.346. The molecule has 0 spiro atoms. The molecule has 8 heteroatoms. The van der Waals surface area contributed by atoms with Crippen molar-refractivity contribution in [2.75, 3.05) is 5.32 Å². The molecule has 0 atom stereocenters. The molecule has 146 valence electrons. The van der Waals surface area contributed by atoms with Crippen molar-refractivity contribution in [3.8, 4) is 11.3 Å². The smallest absolute Gasteiger partial charge is 0.257 e. The van der Waals surface area contributed by atoms with Crippen molar-refractivity contribution >= 4 is 32.4 Å². The van der Waals surface area contributed by atoms with Gasteiger partial charge in [0.15, 0.2) is 5.13 Å². The van der Waals surface area contributed by atoms with E-state index in [1.54, 1.807) is 20.8 Å². The topological polar surface area (TPSA) is 88.2 Å². The average molecular weight is 416 g/mol. The van der Waals surface area contributed by atoms with Crippen LogP contribution in [0.3, 0.4) is 0 Å². The van der Waals surface area contributed by atoms with Crippen LogP contribution in [0, 0.1) is 0 Å². The maximum atomic E-state index is 12.4. The highest BCUT2D eigenvalue weighted by molar-refractivity contribution is 7.89. The largest absolute Gasteiger partial charge is 0.298 e. The monoisotopic (exact) mass is 415 g/mol. The van der Waals surface area contributed by atoms with Gasteiger partial charge in [-0.15, -0.1) is 11.3 Å². The number of sulfonamides is 1. The lowest BCUT2D eigenvalue weighted by atomic mass is 10.1. The Kier molecular flexibility index (Phi) is 5.64. The maximum absolute atomic E-state index is 12.4. The van der Waals surface area contributed by atoms with Gasteiger partial charge >= 0.3 is 0 Å². The second kappa shape index (κ2) is 7.83. The van der Waals surface area contributed by atoms with Crippen molar-refractivity contribution in [3.63, 3.8) is 0 Å². The van der Waals surface area contributed by atoms with Crippen LogP contribution in [0.5, 0.6) is 0 Å². The molecule has 0 saturated heterocycles. The SMILES string of the molecule is CC(C)(C)NS(=O)(=O)c1ccc(C(=O)Nc2nc(-c3ccccc3)cs2)cc1. The molecule has 28 heavy (non-hydrogen) atoms. The summed E-state index contributed by atoms with van der Waals surface area (Å²) < 4.78 is 27.3. The number of aromatic nitrogens is 1. The second-order valence-corrected chi connectivity index (χ2v) is 9.78. The Hall–Kier alpha value is -2.55. The first-order chi connectivity index (χ1) is 13.1. The minimum atomic E-state index is -3.64. The van der Waals surface area contributed by atoms with E-state index >= 15 is 0 Å². The van der Waals surface area contributed by atoms with Gasteiger partial charge in [0, 0.05) is 22.0 Å². The van der Waals surface area contributed by atoms with E-state index in [9.17, 15) is 13.2 Å². The third-order valence-corrected chi connectivity index (χ3v) is 6.19. The first-order valence-electron chi connectivity index (χ1n) is 8.60. The summed E-state index contributed by atoms with van der Waals surface area (Å²) in [6.45, 7) is 5.30. The first kappa shape index (κ1) is 20.2. The molecule has 0 bridgehead atoms. The molecule has 3 rings (SSSR count). The van der Waals surface area contributed by atoms with Crippen LogP contribution in [0.15, 0.2) is 64.9 Å². The molecule has 6 nitrogen and oxygen atoms in total. The van der Waals surface area contributed by atoms with E-state index in [0.29, 0.717) is 10.7 Å². The van der Waals surface area contributed by atoms with Crippen LogP contribution in [0.4, 0.5) is 5.13 Å². The molecule has 0 aliphatic heterocycles. The second-order valence-electron chi connectivity index (χ2n) is 7.24. The summed E-state index contributed by atoms with van der Waals surface area (Å²) in [7, 11) is -3.64. The Morgan fingerprint density at radius 3 is 2.25 bits per heavy atom. The summed E-state index contributed by atoms with van der Waals surface area (Å²) in [4.78, 5) is 17.0. The van der Waals surface area contributed by atoms with E-state index in [0.717, 1.165) is 11.3 Å². The minimum absolute atomic E-state index is 0.111. The molecular weight excluding hydrogens is 394 g/mol. The number of hydrogen-bond acceptors (Lipinski definition) is 5. The van der Waals surface area contributed by atoms with Gasteiger partial charge in [0.25, 0.3) is 5.91 Å². The number of thiazole rings is 1. The molecule has 0 fully saturated rings. The van der Waals surface area contributed by atoms with E-state index in [1.165, 1.54) is 35.6 Å². The first-order valence-corrected chi connectivity index (χ1v) is 11.0. The predicted octanol–water partition coefficient (Wildman–Crippen LogP) is 4.14. The average Bonchev–Trinajstić information content (AvgIpc) is 3.09. The number of amides is 1. The number of benzene rings is 2. The van der Waals surface area contributed by atoms with Gasteiger partial charge < -0.3 is 0 Å². The van der Waals surface area contributed by atoms with Gasteiger partial charge in [0.05, 0.1) is 10.6 Å². The number of hydrogen-bond donors (Lipinski definition) is 2. The lowest BCUT2D eigenvalue weighted by molar-refractivity contribution is 0.102. The highest BCUT2D eigenvalue weighted by Crippen LogP contribution is 2.25. The molecule has 0 unspecified atom stereocenters. The van der Waals surface area contributed by atoms with E-state index in [1.807, 2.05) is 35.7 Å². The number of rotatable bonds is 5. The number of anilines is 1. The number of nitrogens with zero attached hydrogens (tertiary/aromatic N) is 1. The van der Waals surface area contributed by atoms with Crippen LogP contribution in [-0.2, 0) is 10.0 Å². The molecule has 1 amide bonds. The Balaban J connectivity index is 1.71. The van der Waals surface area contributed by atoms with Crippen molar-refractivity contribution in [2.24, 2.45) is 0 Å². The van der Waals surface area contributed by atoms with Gasteiger partial charge in [-0.05, 0) is 45.0 Å². The molecule has 2 N–H and O–H groups in total. The van der Waals surface area contributed by atoms with E-state index < -0.39 is 15.6 Å². The maximum Gasteiger partial charge on any atom is 0.257 e. The fraction of sp³-hybridized carbons (Fsp3) is 0.200. The number of nitrogens with one attached hydrogen (secondary N) is 2. The van der Waals surface area contributed by atoms with Crippen LogP contribution in [0.2, 0.25) is 0 Å². The zero-order valence-corrected chi connectivity index (χ0v) is 17.4. The van der Waals surface area contributed by atoms with Gasteiger partial charge in [-0.25, -0.2) is 18.1 Å². The molecule has 2 aromatic carbocycles. The molecular formula is C20H21N3O3S2. The zero-order chi connectivity index (χ0) is 20.4. The number of carbonyl (C=O) groups is 1. The summed E-state index contributed by atoms with van der Waals surface area (Å²) in [5, 5.41) is 5.10. The molecule has 3 aromatic rings. The molecule has 1 aromatic heterocycles. The summed E-state index contributed by atoms with van der Waals surface area (Å²) in [6.07, 6.45) is 0. The molecule has 1 heterocycles. The van der Waals surface area contributed by atoms with Gasteiger partial charge in [-0.1, -0.05) is 30.3 Å². The number of carbonyl (C=O) groups excluding carboxylic acids is 1. The van der Waals surface area contributed by atoms with E-state index in [-0.39, 0.29) is 10.8 Å². The van der Waals surface area contributed by atoms with Crippen LogP contribution in [0.1, 0.15) is 31.1 Å². The van der Waals surface area contributed by atoms with Gasteiger partial charge in [0.1, 0.15) is 0 Å². The predicted molar refractivity (Wildman–Crippen MR) is 112 cm³/mol. The standard InChI is InChI=1S/C20H21N3O3S2/c1-20(2,3)23-28(25,26)16-11-9-15(10-12-16)18(24)22-19-21-17(13-27-19)14-7-5-4-6-8-14/h4-13,23H,1-3H3,(H,21,22,24). The van der Waals surface area contributed by atoms with E-state index in [4.69, 9.17) is 0 Å². The van der Waals surface area contributed by atoms with Gasteiger partial charge in [-0.3, -0.25) is 10.1 Å². The Labute approximate surface area is 168 Å². The van der Waals surface area contributed by atoms with Crippen molar-refractivity contribution < 1.29 is 13.2 Å². The van der Waals surface area contributed by atoms with Crippen molar-refractivity contribution in [2.45, 2.75) is 31.2 Å². The van der Waals surface area contributed by atoms with Crippen LogP contribution < -0.4 is 10.0 Å². The third-order valence-electron chi connectivity index (χ3n) is 3.66. The Bertz CT molecular complexity index is 1070. The van der Waals surface area contributed by atoms with Crippen molar-refractivity contribution in [3.05, 3.63) is 65.5 Å². The van der Waals surface area contributed by atoms with Crippen molar-refractivity contribution in [1.29, 1.82) is 0 Å². The highest BCUT2D eigenvalue weighted by atomic mass is 32.2. The van der Waals surface area contributed by atoms with Crippen LogP contribution in [0.25, 0.3) is 11.3 Å². The molecule has 0 aliphatic rings. The molecule has 0 aliphatic carbocycles. The molecule has 0 saturated carbocycles. The summed E-state index contributed by atoms with van der Waals surface area (Å²) in [6, 6.07) is 15.5. The fourth-order valence-electron chi connectivity index (χ4n) is 2.49. The Morgan fingerprint density at radius 2 is 1.64 bits per heavy atom.